The number of nitrogens with zero attached hydrogens (tertiary/aromatic N) is 3. The van der Waals surface area contributed by atoms with E-state index in [2.05, 4.69) is 52.5 Å². The molecule has 4 aromatic rings. The third kappa shape index (κ3) is 2.92. The Morgan fingerprint density at radius 2 is 2.03 bits per heavy atom. The van der Waals surface area contributed by atoms with Crippen LogP contribution in [0, 0.1) is 0 Å². The number of rotatable bonds is 3. The average molecular weight is 425 g/mol. The monoisotopic (exact) mass is 424 g/mol. The number of hydrogen-bond donors (Lipinski definition) is 3. The summed E-state index contributed by atoms with van der Waals surface area (Å²) in [5, 5.41) is 4.85. The Morgan fingerprint density at radius 1 is 1.30 bits per heavy atom. The SMILES string of the molecule is CCc1c(-c2[nH]c3cc(C(=O)NC)ccc3c2Cl)c2c(N)ncnc2n1C(C)(C)C. The molecule has 4 N–H and O–H groups in total. The summed E-state index contributed by atoms with van der Waals surface area (Å²) >= 11 is 6.84. The number of nitrogens with two attached hydrogens (primary N) is 1. The second-order valence-electron chi connectivity index (χ2n) is 8.29. The van der Waals surface area contributed by atoms with E-state index in [1.165, 1.54) is 6.33 Å². The minimum atomic E-state index is -0.215. The van der Waals surface area contributed by atoms with E-state index in [0.29, 0.717) is 16.4 Å². The van der Waals surface area contributed by atoms with Gasteiger partial charge in [-0.3, -0.25) is 4.79 Å². The van der Waals surface area contributed by atoms with E-state index in [9.17, 15) is 4.79 Å². The van der Waals surface area contributed by atoms with Gasteiger partial charge in [-0.2, -0.15) is 0 Å². The van der Waals surface area contributed by atoms with Gasteiger partial charge in [0.1, 0.15) is 17.8 Å². The standard InChI is InChI=1S/C22H25ClN6O/c1-6-14-15(16-19(24)26-10-27-20(16)29(14)22(2,3)4)18-17(23)12-8-7-11(21(30)25-5)9-13(12)28-18/h7-10,28H,6H2,1-5H3,(H,25,30)(H2,24,26,27). The van der Waals surface area contributed by atoms with E-state index in [1.54, 1.807) is 19.2 Å². The summed E-state index contributed by atoms with van der Waals surface area (Å²) in [5.74, 6) is 0.258. The Balaban J connectivity index is 2.10. The molecule has 0 fully saturated rings. The van der Waals surface area contributed by atoms with Crippen LogP contribution in [0.3, 0.4) is 0 Å². The van der Waals surface area contributed by atoms with Gasteiger partial charge < -0.3 is 20.6 Å². The molecule has 0 saturated heterocycles. The minimum Gasteiger partial charge on any atom is -0.383 e. The number of amides is 1. The van der Waals surface area contributed by atoms with Gasteiger partial charge in [0.25, 0.3) is 5.91 Å². The topological polar surface area (TPSA) is 102 Å². The lowest BCUT2D eigenvalue weighted by atomic mass is 10.0. The molecule has 0 saturated carbocycles. The zero-order valence-corrected chi connectivity index (χ0v) is 18.5. The van der Waals surface area contributed by atoms with Crippen molar-refractivity contribution in [2.45, 2.75) is 39.7 Å². The number of aromatic amines is 1. The molecule has 4 rings (SSSR count). The molecule has 156 valence electrons. The smallest absolute Gasteiger partial charge is 0.251 e. The van der Waals surface area contributed by atoms with E-state index < -0.39 is 0 Å². The number of carbonyl (C=O) groups is 1. The second-order valence-corrected chi connectivity index (χ2v) is 8.67. The van der Waals surface area contributed by atoms with Gasteiger partial charge >= 0.3 is 0 Å². The molecule has 0 radical (unpaired) electrons. The van der Waals surface area contributed by atoms with Gasteiger partial charge in [-0.15, -0.1) is 0 Å². The number of H-pyrrole nitrogens is 1. The normalized spacial score (nSPS) is 12.1. The van der Waals surface area contributed by atoms with Gasteiger partial charge in [0.2, 0.25) is 0 Å². The highest BCUT2D eigenvalue weighted by molar-refractivity contribution is 6.39. The third-order valence-corrected chi connectivity index (χ3v) is 5.75. The van der Waals surface area contributed by atoms with Crippen LogP contribution in [-0.4, -0.2) is 32.5 Å². The van der Waals surface area contributed by atoms with Crippen molar-refractivity contribution >= 4 is 45.3 Å². The number of aromatic nitrogens is 4. The van der Waals surface area contributed by atoms with Crippen LogP contribution in [0.2, 0.25) is 5.02 Å². The second kappa shape index (κ2) is 7.02. The first kappa shape index (κ1) is 20.2. The molecule has 0 spiro atoms. The number of hydrogen-bond acceptors (Lipinski definition) is 4. The molecule has 7 nitrogen and oxygen atoms in total. The van der Waals surface area contributed by atoms with Gasteiger partial charge in [0.05, 0.1) is 16.1 Å². The highest BCUT2D eigenvalue weighted by Gasteiger charge is 2.29. The van der Waals surface area contributed by atoms with E-state index >= 15 is 0 Å². The maximum atomic E-state index is 12.1. The summed E-state index contributed by atoms with van der Waals surface area (Å²) in [5.41, 5.74) is 11.0. The highest BCUT2D eigenvalue weighted by Crippen LogP contribution is 2.44. The van der Waals surface area contributed by atoms with Gasteiger partial charge in [-0.25, -0.2) is 9.97 Å². The molecule has 0 aliphatic rings. The number of benzene rings is 1. The summed E-state index contributed by atoms with van der Waals surface area (Å²) < 4.78 is 2.20. The van der Waals surface area contributed by atoms with Gasteiger partial charge in [0, 0.05) is 40.3 Å². The Labute approximate surface area is 179 Å². The van der Waals surface area contributed by atoms with Crippen LogP contribution in [0.15, 0.2) is 24.5 Å². The van der Waals surface area contributed by atoms with E-state index in [0.717, 1.165) is 45.3 Å². The van der Waals surface area contributed by atoms with Gasteiger partial charge in [-0.05, 0) is 39.3 Å². The molecular formula is C22H25ClN6O. The fraction of sp³-hybridized carbons (Fsp3) is 0.318. The van der Waals surface area contributed by atoms with Crippen LogP contribution in [0.25, 0.3) is 33.2 Å². The first-order chi connectivity index (χ1) is 14.2. The lowest BCUT2D eigenvalue weighted by Gasteiger charge is -2.25. The zero-order valence-electron chi connectivity index (χ0n) is 17.7. The van der Waals surface area contributed by atoms with E-state index in [1.807, 2.05) is 6.07 Å². The van der Waals surface area contributed by atoms with Crippen LogP contribution in [-0.2, 0) is 12.0 Å². The quantitative estimate of drug-likeness (QED) is 0.450. The first-order valence-corrected chi connectivity index (χ1v) is 10.2. The zero-order chi connectivity index (χ0) is 21.8. The van der Waals surface area contributed by atoms with Crippen molar-refractivity contribution < 1.29 is 4.79 Å². The fourth-order valence-corrected chi connectivity index (χ4v) is 4.44. The summed E-state index contributed by atoms with van der Waals surface area (Å²) in [6.45, 7) is 8.51. The van der Waals surface area contributed by atoms with Crippen LogP contribution in [0.4, 0.5) is 5.82 Å². The van der Waals surface area contributed by atoms with Crippen LogP contribution < -0.4 is 11.1 Å². The molecule has 0 atom stereocenters. The summed E-state index contributed by atoms with van der Waals surface area (Å²) in [6, 6.07) is 5.43. The molecule has 3 aromatic heterocycles. The lowest BCUT2D eigenvalue weighted by molar-refractivity contribution is 0.0963. The number of halogens is 1. The third-order valence-electron chi connectivity index (χ3n) is 5.36. The molecule has 8 heteroatoms. The number of anilines is 1. The average Bonchev–Trinajstić information content (AvgIpc) is 3.22. The Bertz CT molecular complexity index is 1290. The highest BCUT2D eigenvalue weighted by atomic mass is 35.5. The molecule has 0 unspecified atom stereocenters. The van der Waals surface area contributed by atoms with E-state index in [-0.39, 0.29) is 11.4 Å². The Hall–Kier alpha value is -3.06. The molecule has 0 bridgehead atoms. The van der Waals surface area contributed by atoms with Crippen molar-refractivity contribution in [3.63, 3.8) is 0 Å². The number of nitrogens with one attached hydrogen (secondary N) is 2. The van der Waals surface area contributed by atoms with Crippen molar-refractivity contribution in [2.24, 2.45) is 0 Å². The van der Waals surface area contributed by atoms with Gasteiger partial charge in [-0.1, -0.05) is 24.6 Å². The molecule has 0 aliphatic heterocycles. The number of nitrogen functional groups attached to an aromatic ring is 1. The number of fused-ring (bicyclic) bond motifs is 2. The maximum absolute atomic E-state index is 12.1. The largest absolute Gasteiger partial charge is 0.383 e. The van der Waals surface area contributed by atoms with Crippen molar-refractivity contribution in [1.29, 1.82) is 0 Å². The van der Waals surface area contributed by atoms with Crippen molar-refractivity contribution in [1.82, 2.24) is 24.8 Å². The molecule has 30 heavy (non-hydrogen) atoms. The molecule has 3 heterocycles. The Morgan fingerprint density at radius 3 is 2.67 bits per heavy atom. The maximum Gasteiger partial charge on any atom is 0.251 e. The van der Waals surface area contributed by atoms with Crippen molar-refractivity contribution in [3.05, 3.63) is 40.8 Å². The molecule has 0 aliphatic carbocycles. The van der Waals surface area contributed by atoms with Crippen LogP contribution in [0.5, 0.6) is 0 Å². The predicted molar refractivity (Wildman–Crippen MR) is 122 cm³/mol. The summed E-state index contributed by atoms with van der Waals surface area (Å²) in [6.07, 6.45) is 2.25. The van der Waals surface area contributed by atoms with Crippen molar-refractivity contribution in [3.8, 4) is 11.3 Å². The molecular weight excluding hydrogens is 400 g/mol. The fourth-order valence-electron chi connectivity index (χ4n) is 4.13. The van der Waals surface area contributed by atoms with Gasteiger partial charge in [0.15, 0.2) is 0 Å². The van der Waals surface area contributed by atoms with Crippen molar-refractivity contribution in [2.75, 3.05) is 12.8 Å². The van der Waals surface area contributed by atoms with E-state index in [4.69, 9.17) is 17.3 Å². The van der Waals surface area contributed by atoms with Crippen LogP contribution >= 0.6 is 11.6 Å². The lowest BCUT2D eigenvalue weighted by Crippen LogP contribution is -2.24. The Kier molecular flexibility index (Phi) is 4.73. The predicted octanol–water partition coefficient (Wildman–Crippen LogP) is 4.49. The summed E-state index contributed by atoms with van der Waals surface area (Å²) in [7, 11) is 1.61. The number of carbonyl (C=O) groups excluding carboxylic acids is 1. The first-order valence-electron chi connectivity index (χ1n) is 9.86. The van der Waals surface area contributed by atoms with Crippen LogP contribution in [0.1, 0.15) is 43.7 Å². The molecule has 1 aromatic carbocycles. The minimum absolute atomic E-state index is 0.152. The summed E-state index contributed by atoms with van der Waals surface area (Å²) in [4.78, 5) is 24.3. The molecule has 1 amide bonds.